The van der Waals surface area contributed by atoms with E-state index < -0.39 is 23.7 Å². The molecule has 0 aromatic carbocycles. The van der Waals surface area contributed by atoms with Gasteiger partial charge in [0.15, 0.2) is 11.4 Å². The van der Waals surface area contributed by atoms with Crippen molar-refractivity contribution in [3.05, 3.63) is 23.0 Å². The first-order valence-electron chi connectivity index (χ1n) is 4.04. The Morgan fingerprint density at radius 2 is 2.20 bits per heavy atom. The van der Waals surface area contributed by atoms with E-state index in [4.69, 9.17) is 5.11 Å². The number of nitrogens with zero attached hydrogens (tertiary/aromatic N) is 1. The van der Waals surface area contributed by atoms with Crippen LogP contribution in [0, 0.1) is 6.92 Å². The minimum absolute atomic E-state index is 0.212. The number of pyridine rings is 1. The van der Waals surface area contributed by atoms with Gasteiger partial charge in [-0.2, -0.15) is 0 Å². The lowest BCUT2D eigenvalue weighted by molar-refractivity contribution is 0.0685. The predicted octanol–water partition coefficient (Wildman–Crippen LogP) is 2.03. The van der Waals surface area contributed by atoms with E-state index in [1.165, 1.54) is 6.92 Å². The molecule has 15 heavy (non-hydrogen) atoms. The van der Waals surface area contributed by atoms with Crippen LogP contribution in [0.15, 0.2) is 6.07 Å². The first-order chi connectivity index (χ1) is 6.97. The van der Waals surface area contributed by atoms with Crippen molar-refractivity contribution in [1.29, 1.82) is 0 Å². The van der Waals surface area contributed by atoms with E-state index in [1.807, 2.05) is 0 Å². The second-order valence-electron chi connectivity index (χ2n) is 2.84. The quantitative estimate of drug-likeness (QED) is 0.841. The molecule has 0 unspecified atom stereocenters. The fourth-order valence-electron chi connectivity index (χ4n) is 1.21. The number of aromatic carboxylic acids is 1. The maximum atomic E-state index is 12.5. The lowest BCUT2D eigenvalue weighted by Crippen LogP contribution is -2.08. The number of methoxy groups -OCH3 is 1. The standard InChI is InChI=1S/C9H9F2NO3/c1-4-3-5(8(10)11)7(15-2)6(12-4)9(13)14/h3,8H,1-2H3,(H,13,14). The van der Waals surface area contributed by atoms with Crippen molar-refractivity contribution >= 4 is 5.97 Å². The van der Waals surface area contributed by atoms with E-state index in [-0.39, 0.29) is 11.4 Å². The number of hydrogen-bond acceptors (Lipinski definition) is 3. The molecule has 0 amide bonds. The molecule has 1 aromatic heterocycles. The minimum Gasteiger partial charge on any atom is -0.494 e. The van der Waals surface area contributed by atoms with Gasteiger partial charge in [0.05, 0.1) is 12.7 Å². The smallest absolute Gasteiger partial charge is 0.358 e. The first-order valence-corrected chi connectivity index (χ1v) is 4.04. The van der Waals surface area contributed by atoms with Crippen LogP contribution < -0.4 is 4.74 Å². The van der Waals surface area contributed by atoms with E-state index in [0.29, 0.717) is 0 Å². The molecule has 0 spiro atoms. The second-order valence-corrected chi connectivity index (χ2v) is 2.84. The van der Waals surface area contributed by atoms with Gasteiger partial charge in [0.2, 0.25) is 0 Å². The summed E-state index contributed by atoms with van der Waals surface area (Å²) in [6, 6.07) is 1.11. The van der Waals surface area contributed by atoms with E-state index in [1.54, 1.807) is 0 Å². The number of aryl methyl sites for hydroxylation is 1. The number of ether oxygens (including phenoxy) is 1. The van der Waals surface area contributed by atoms with Gasteiger partial charge >= 0.3 is 5.97 Å². The molecule has 1 heterocycles. The van der Waals surface area contributed by atoms with Crippen LogP contribution in [0.5, 0.6) is 5.75 Å². The highest BCUT2D eigenvalue weighted by atomic mass is 19.3. The Hall–Kier alpha value is -1.72. The van der Waals surface area contributed by atoms with Gasteiger partial charge in [-0.3, -0.25) is 0 Å². The molecule has 0 bridgehead atoms. The molecule has 0 fully saturated rings. The largest absolute Gasteiger partial charge is 0.494 e. The Bertz CT molecular complexity index is 393. The van der Waals surface area contributed by atoms with Gasteiger partial charge in [-0.25, -0.2) is 18.6 Å². The highest BCUT2D eigenvalue weighted by molar-refractivity contribution is 5.89. The Morgan fingerprint density at radius 1 is 1.60 bits per heavy atom. The van der Waals surface area contributed by atoms with Gasteiger partial charge < -0.3 is 9.84 Å². The fourth-order valence-corrected chi connectivity index (χ4v) is 1.21. The lowest BCUT2D eigenvalue weighted by atomic mass is 10.1. The zero-order chi connectivity index (χ0) is 11.6. The minimum atomic E-state index is -2.79. The second kappa shape index (κ2) is 4.20. The zero-order valence-electron chi connectivity index (χ0n) is 8.12. The Morgan fingerprint density at radius 3 is 2.60 bits per heavy atom. The van der Waals surface area contributed by atoms with Crippen LogP contribution in [0.4, 0.5) is 8.78 Å². The molecule has 0 aliphatic heterocycles. The summed E-state index contributed by atoms with van der Waals surface area (Å²) in [6.07, 6.45) is -2.79. The van der Waals surface area contributed by atoms with Crippen molar-refractivity contribution in [3.63, 3.8) is 0 Å². The van der Waals surface area contributed by atoms with Gasteiger partial charge in [0.25, 0.3) is 6.43 Å². The maximum Gasteiger partial charge on any atom is 0.358 e. The molecule has 1 N–H and O–H groups in total. The summed E-state index contributed by atoms with van der Waals surface area (Å²) in [4.78, 5) is 14.3. The fraction of sp³-hybridized carbons (Fsp3) is 0.333. The van der Waals surface area contributed by atoms with Crippen LogP contribution in [0.2, 0.25) is 0 Å². The van der Waals surface area contributed by atoms with Crippen molar-refractivity contribution in [2.45, 2.75) is 13.3 Å². The summed E-state index contributed by atoms with van der Waals surface area (Å²) in [6.45, 7) is 1.44. The number of halogens is 2. The molecule has 1 aromatic rings. The first kappa shape index (κ1) is 11.4. The highest BCUT2D eigenvalue weighted by Crippen LogP contribution is 2.31. The van der Waals surface area contributed by atoms with E-state index in [9.17, 15) is 13.6 Å². The van der Waals surface area contributed by atoms with E-state index in [0.717, 1.165) is 13.2 Å². The number of carboxylic acid groups (broad SMARTS) is 1. The van der Waals surface area contributed by atoms with Crippen molar-refractivity contribution < 1.29 is 23.4 Å². The van der Waals surface area contributed by atoms with Crippen LogP contribution in [-0.2, 0) is 0 Å². The Balaban J connectivity index is 3.45. The molecule has 0 saturated carbocycles. The average Bonchev–Trinajstić information content (AvgIpc) is 2.16. The zero-order valence-corrected chi connectivity index (χ0v) is 8.12. The summed E-state index contributed by atoms with van der Waals surface area (Å²) in [5.74, 6) is -1.78. The molecular formula is C9H9F2NO3. The number of carbonyl (C=O) groups is 1. The molecule has 82 valence electrons. The summed E-state index contributed by atoms with van der Waals surface area (Å²) in [5.41, 5.74) is -0.737. The Labute approximate surface area is 84.5 Å². The van der Waals surface area contributed by atoms with Crippen LogP contribution in [0.3, 0.4) is 0 Å². The summed E-state index contributed by atoms with van der Waals surface area (Å²) >= 11 is 0. The molecule has 1 rings (SSSR count). The topological polar surface area (TPSA) is 59.4 Å². The van der Waals surface area contributed by atoms with Crippen molar-refractivity contribution in [3.8, 4) is 5.75 Å². The van der Waals surface area contributed by atoms with Gasteiger partial charge in [0, 0.05) is 5.69 Å². The normalized spacial score (nSPS) is 10.5. The van der Waals surface area contributed by atoms with Crippen molar-refractivity contribution in [2.75, 3.05) is 7.11 Å². The third-order valence-corrected chi connectivity index (χ3v) is 1.77. The number of carboxylic acids is 1. The van der Waals surface area contributed by atoms with Crippen LogP contribution in [0.1, 0.15) is 28.2 Å². The monoisotopic (exact) mass is 217 g/mol. The molecule has 4 nitrogen and oxygen atoms in total. The molecule has 0 atom stereocenters. The number of hydrogen-bond donors (Lipinski definition) is 1. The van der Waals surface area contributed by atoms with Gasteiger partial charge in [-0.15, -0.1) is 0 Å². The van der Waals surface area contributed by atoms with Gasteiger partial charge in [-0.1, -0.05) is 0 Å². The Kier molecular flexibility index (Phi) is 3.18. The van der Waals surface area contributed by atoms with Gasteiger partial charge in [0.1, 0.15) is 0 Å². The number of rotatable bonds is 3. The van der Waals surface area contributed by atoms with Crippen molar-refractivity contribution in [1.82, 2.24) is 4.98 Å². The van der Waals surface area contributed by atoms with Gasteiger partial charge in [-0.05, 0) is 13.0 Å². The molecule has 0 aliphatic carbocycles. The highest BCUT2D eigenvalue weighted by Gasteiger charge is 2.22. The summed E-state index contributed by atoms with van der Waals surface area (Å²) in [5, 5.41) is 8.74. The molecule has 0 radical (unpaired) electrons. The third-order valence-electron chi connectivity index (χ3n) is 1.77. The molecular weight excluding hydrogens is 208 g/mol. The SMILES string of the molecule is COc1c(C(F)F)cc(C)nc1C(=O)O. The number of aromatic nitrogens is 1. The van der Waals surface area contributed by atoms with E-state index >= 15 is 0 Å². The molecule has 0 saturated heterocycles. The molecule has 0 aliphatic rings. The van der Waals surface area contributed by atoms with Crippen LogP contribution >= 0.6 is 0 Å². The predicted molar refractivity (Wildman–Crippen MR) is 47.4 cm³/mol. The number of alkyl halides is 2. The van der Waals surface area contributed by atoms with Crippen LogP contribution in [-0.4, -0.2) is 23.2 Å². The maximum absolute atomic E-state index is 12.5. The molecule has 6 heteroatoms. The summed E-state index contributed by atoms with van der Waals surface area (Å²) in [7, 11) is 1.13. The lowest BCUT2D eigenvalue weighted by Gasteiger charge is -2.10. The third kappa shape index (κ3) is 2.20. The van der Waals surface area contributed by atoms with Crippen molar-refractivity contribution in [2.24, 2.45) is 0 Å². The summed E-state index contributed by atoms with van der Waals surface area (Å²) < 4.78 is 29.7. The van der Waals surface area contributed by atoms with Crippen LogP contribution in [0.25, 0.3) is 0 Å². The van der Waals surface area contributed by atoms with E-state index in [2.05, 4.69) is 9.72 Å². The average molecular weight is 217 g/mol.